The zero-order chi connectivity index (χ0) is 16.2. The van der Waals surface area contributed by atoms with Gasteiger partial charge in [0.25, 0.3) is 0 Å². The summed E-state index contributed by atoms with van der Waals surface area (Å²) in [5, 5.41) is 0. The molecule has 1 aliphatic heterocycles. The van der Waals surface area contributed by atoms with Crippen LogP contribution in [0.15, 0.2) is 48.5 Å². The van der Waals surface area contributed by atoms with Gasteiger partial charge in [0, 0.05) is 0 Å². The summed E-state index contributed by atoms with van der Waals surface area (Å²) in [6.45, 7) is 6.14. The Morgan fingerprint density at radius 1 is 1.04 bits per heavy atom. The van der Waals surface area contributed by atoms with Crippen molar-refractivity contribution in [2.75, 3.05) is 13.6 Å². The van der Waals surface area contributed by atoms with E-state index in [0.29, 0.717) is 12.6 Å². The molecule has 0 aliphatic carbocycles. The van der Waals surface area contributed by atoms with E-state index in [-0.39, 0.29) is 6.10 Å². The monoisotopic (exact) mass is 309 g/mol. The standard InChI is InChI=1S/C21H27NO/c1-16-12-17(2)14-18(13-16)15-23-20-10-7-11-22(3)21(20)19-8-5-4-6-9-19/h4-6,8-9,12-14,20-21H,7,10-11,15H2,1-3H3/t20-,21-/m0/s1. The summed E-state index contributed by atoms with van der Waals surface area (Å²) in [5.74, 6) is 0. The minimum Gasteiger partial charge on any atom is -0.372 e. The molecular formula is C21H27NO. The van der Waals surface area contributed by atoms with Gasteiger partial charge in [0.05, 0.1) is 18.8 Å². The molecule has 23 heavy (non-hydrogen) atoms. The van der Waals surface area contributed by atoms with Crippen LogP contribution in [0.5, 0.6) is 0 Å². The topological polar surface area (TPSA) is 12.5 Å². The third kappa shape index (κ3) is 4.01. The number of ether oxygens (including phenoxy) is 1. The SMILES string of the molecule is Cc1cc(C)cc(CO[C@H]2CCCN(C)[C@H]2c2ccccc2)c1. The zero-order valence-corrected chi connectivity index (χ0v) is 14.5. The molecule has 3 rings (SSSR count). The molecule has 0 amide bonds. The van der Waals surface area contributed by atoms with Crippen molar-refractivity contribution in [3.8, 4) is 0 Å². The number of likely N-dealkylation sites (tertiary alicyclic amines) is 1. The highest BCUT2D eigenvalue weighted by Crippen LogP contribution is 2.32. The lowest BCUT2D eigenvalue weighted by atomic mass is 9.93. The summed E-state index contributed by atoms with van der Waals surface area (Å²) < 4.78 is 6.37. The van der Waals surface area contributed by atoms with Crippen molar-refractivity contribution < 1.29 is 4.74 Å². The van der Waals surface area contributed by atoms with Gasteiger partial charge >= 0.3 is 0 Å². The molecule has 1 saturated heterocycles. The molecule has 122 valence electrons. The van der Waals surface area contributed by atoms with Crippen molar-refractivity contribution in [2.24, 2.45) is 0 Å². The van der Waals surface area contributed by atoms with Crippen LogP contribution in [0, 0.1) is 13.8 Å². The molecule has 0 aromatic heterocycles. The smallest absolute Gasteiger partial charge is 0.0776 e. The number of hydrogen-bond acceptors (Lipinski definition) is 2. The Morgan fingerprint density at radius 2 is 1.74 bits per heavy atom. The highest BCUT2D eigenvalue weighted by Gasteiger charge is 2.31. The summed E-state index contributed by atoms with van der Waals surface area (Å²) in [4.78, 5) is 2.44. The molecule has 0 bridgehead atoms. The van der Waals surface area contributed by atoms with Gasteiger partial charge in [-0.1, -0.05) is 59.7 Å². The predicted octanol–water partition coefficient (Wildman–Crippen LogP) is 4.66. The van der Waals surface area contributed by atoms with Crippen LogP contribution in [-0.2, 0) is 11.3 Å². The Kier molecular flexibility index (Phi) is 5.14. The predicted molar refractivity (Wildman–Crippen MR) is 95.5 cm³/mol. The first-order chi connectivity index (χ1) is 11.1. The number of piperidine rings is 1. The first kappa shape index (κ1) is 16.2. The molecule has 0 spiro atoms. The molecule has 2 heteroatoms. The number of nitrogens with zero attached hydrogens (tertiary/aromatic N) is 1. The van der Waals surface area contributed by atoms with E-state index in [9.17, 15) is 0 Å². The summed E-state index contributed by atoms with van der Waals surface area (Å²) in [7, 11) is 2.21. The van der Waals surface area contributed by atoms with E-state index >= 15 is 0 Å². The second-order valence-corrected chi connectivity index (χ2v) is 6.82. The molecule has 0 radical (unpaired) electrons. The minimum atomic E-state index is 0.261. The Labute approximate surface area is 140 Å². The molecule has 2 aromatic rings. The fourth-order valence-electron chi connectivity index (χ4n) is 3.77. The van der Waals surface area contributed by atoms with E-state index in [1.807, 2.05) is 0 Å². The summed E-state index contributed by atoms with van der Waals surface area (Å²) in [6.07, 6.45) is 2.60. The molecule has 2 aromatic carbocycles. The highest BCUT2D eigenvalue weighted by atomic mass is 16.5. The molecule has 2 atom stereocenters. The third-order valence-corrected chi connectivity index (χ3v) is 4.71. The van der Waals surface area contributed by atoms with Gasteiger partial charge in [0.15, 0.2) is 0 Å². The maximum atomic E-state index is 6.37. The van der Waals surface area contributed by atoms with Crippen molar-refractivity contribution in [3.63, 3.8) is 0 Å². The minimum absolute atomic E-state index is 0.261. The molecule has 2 nitrogen and oxygen atoms in total. The second kappa shape index (κ2) is 7.29. The molecule has 0 saturated carbocycles. The van der Waals surface area contributed by atoms with Crippen LogP contribution in [0.1, 0.15) is 41.1 Å². The van der Waals surface area contributed by atoms with E-state index in [1.165, 1.54) is 28.7 Å². The van der Waals surface area contributed by atoms with Crippen molar-refractivity contribution >= 4 is 0 Å². The molecule has 0 N–H and O–H groups in total. The Morgan fingerprint density at radius 3 is 2.43 bits per heavy atom. The molecule has 1 fully saturated rings. The van der Waals surface area contributed by atoms with Gasteiger partial charge in [0.1, 0.15) is 0 Å². The number of benzene rings is 2. The third-order valence-electron chi connectivity index (χ3n) is 4.71. The van der Waals surface area contributed by atoms with E-state index in [0.717, 1.165) is 13.0 Å². The van der Waals surface area contributed by atoms with E-state index < -0.39 is 0 Å². The first-order valence-electron chi connectivity index (χ1n) is 8.57. The average molecular weight is 309 g/mol. The van der Waals surface area contributed by atoms with Crippen LogP contribution in [0.2, 0.25) is 0 Å². The molecular weight excluding hydrogens is 282 g/mol. The Hall–Kier alpha value is -1.64. The lowest BCUT2D eigenvalue weighted by Crippen LogP contribution is -2.40. The van der Waals surface area contributed by atoms with Gasteiger partial charge in [-0.05, 0) is 51.4 Å². The van der Waals surface area contributed by atoms with Crippen LogP contribution < -0.4 is 0 Å². The van der Waals surface area contributed by atoms with Crippen LogP contribution >= 0.6 is 0 Å². The van der Waals surface area contributed by atoms with E-state index in [1.54, 1.807) is 0 Å². The summed E-state index contributed by atoms with van der Waals surface area (Å²) >= 11 is 0. The zero-order valence-electron chi connectivity index (χ0n) is 14.5. The normalized spacial score (nSPS) is 22.2. The Bertz CT molecular complexity index is 617. The van der Waals surface area contributed by atoms with Crippen molar-refractivity contribution in [1.82, 2.24) is 4.90 Å². The number of hydrogen-bond donors (Lipinski definition) is 0. The van der Waals surface area contributed by atoms with Gasteiger partial charge in [-0.15, -0.1) is 0 Å². The fourth-order valence-corrected chi connectivity index (χ4v) is 3.77. The van der Waals surface area contributed by atoms with Crippen LogP contribution in [0.25, 0.3) is 0 Å². The maximum Gasteiger partial charge on any atom is 0.0776 e. The van der Waals surface area contributed by atoms with Gasteiger partial charge in [-0.3, -0.25) is 4.90 Å². The quantitative estimate of drug-likeness (QED) is 0.814. The number of likely N-dealkylation sites (N-methyl/N-ethyl adjacent to an activating group) is 1. The van der Waals surface area contributed by atoms with Crippen molar-refractivity contribution in [2.45, 2.75) is 45.4 Å². The van der Waals surface area contributed by atoms with Crippen LogP contribution in [0.3, 0.4) is 0 Å². The maximum absolute atomic E-state index is 6.37. The molecule has 0 unspecified atom stereocenters. The van der Waals surface area contributed by atoms with Gasteiger partial charge in [-0.25, -0.2) is 0 Å². The molecule has 1 aliphatic rings. The van der Waals surface area contributed by atoms with Gasteiger partial charge in [0.2, 0.25) is 0 Å². The average Bonchev–Trinajstić information content (AvgIpc) is 2.53. The number of aryl methyl sites for hydroxylation is 2. The number of rotatable bonds is 4. The highest BCUT2D eigenvalue weighted by molar-refractivity contribution is 5.28. The molecule has 1 heterocycles. The summed E-state index contributed by atoms with van der Waals surface area (Å²) in [5.41, 5.74) is 5.26. The lowest BCUT2D eigenvalue weighted by Gasteiger charge is -2.39. The van der Waals surface area contributed by atoms with Crippen molar-refractivity contribution in [1.29, 1.82) is 0 Å². The van der Waals surface area contributed by atoms with E-state index in [4.69, 9.17) is 4.74 Å². The summed E-state index contributed by atoms with van der Waals surface area (Å²) in [6, 6.07) is 17.8. The van der Waals surface area contributed by atoms with Gasteiger partial charge in [-0.2, -0.15) is 0 Å². The van der Waals surface area contributed by atoms with Crippen molar-refractivity contribution in [3.05, 3.63) is 70.8 Å². The second-order valence-electron chi connectivity index (χ2n) is 6.82. The van der Waals surface area contributed by atoms with Gasteiger partial charge < -0.3 is 4.74 Å². The van der Waals surface area contributed by atoms with Crippen LogP contribution in [-0.4, -0.2) is 24.6 Å². The first-order valence-corrected chi connectivity index (χ1v) is 8.57. The van der Waals surface area contributed by atoms with Crippen LogP contribution in [0.4, 0.5) is 0 Å². The Balaban J connectivity index is 1.74. The largest absolute Gasteiger partial charge is 0.372 e. The fraction of sp³-hybridized carbons (Fsp3) is 0.429. The van der Waals surface area contributed by atoms with E-state index in [2.05, 4.69) is 74.3 Å². The lowest BCUT2D eigenvalue weighted by molar-refractivity contribution is -0.0445.